The van der Waals surface area contributed by atoms with Crippen molar-refractivity contribution in [2.24, 2.45) is 11.7 Å². The van der Waals surface area contributed by atoms with Gasteiger partial charge in [-0.3, -0.25) is 0 Å². The maximum atomic E-state index is 9.33. The highest BCUT2D eigenvalue weighted by molar-refractivity contribution is 9.10. The summed E-state index contributed by atoms with van der Waals surface area (Å²) in [5.74, 6) is 0.705. The third kappa shape index (κ3) is 2.49. The normalized spacial score (nSPS) is 15.1. The van der Waals surface area contributed by atoms with Gasteiger partial charge in [0, 0.05) is 6.04 Å². The number of halogens is 1. The van der Waals surface area contributed by atoms with E-state index in [0.29, 0.717) is 10.4 Å². The quantitative estimate of drug-likeness (QED) is 0.874. The van der Waals surface area contributed by atoms with E-state index in [4.69, 9.17) is 5.73 Å². The third-order valence-electron chi connectivity index (χ3n) is 2.61. The molecule has 0 radical (unpaired) electrons. The summed E-state index contributed by atoms with van der Waals surface area (Å²) in [6.07, 6.45) is 1.06. The molecule has 3 N–H and O–H groups in total. The minimum Gasteiger partial charge on any atom is -0.507 e. The number of hydrogen-bond donors (Lipinski definition) is 2. The van der Waals surface area contributed by atoms with Crippen LogP contribution >= 0.6 is 15.9 Å². The van der Waals surface area contributed by atoms with Gasteiger partial charge in [0.2, 0.25) is 0 Å². The molecule has 0 aliphatic carbocycles. The van der Waals surface area contributed by atoms with Crippen molar-refractivity contribution in [3.05, 3.63) is 28.2 Å². The van der Waals surface area contributed by atoms with Crippen molar-refractivity contribution in [2.45, 2.75) is 26.3 Å². The maximum Gasteiger partial charge on any atom is 0.129 e. The van der Waals surface area contributed by atoms with Crippen molar-refractivity contribution < 1.29 is 5.11 Å². The van der Waals surface area contributed by atoms with E-state index in [-0.39, 0.29) is 11.8 Å². The Bertz CT molecular complexity index is 314. The number of phenolic OH excluding ortho intramolecular Hbond substituents is 1. The van der Waals surface area contributed by atoms with E-state index in [9.17, 15) is 5.11 Å². The van der Waals surface area contributed by atoms with Crippen molar-refractivity contribution in [1.29, 1.82) is 0 Å². The minimum absolute atomic E-state index is 0.0388. The first-order valence-corrected chi connectivity index (χ1v) is 5.59. The van der Waals surface area contributed by atoms with Gasteiger partial charge in [-0.1, -0.05) is 26.3 Å². The molecule has 0 aliphatic rings. The van der Waals surface area contributed by atoms with Gasteiger partial charge >= 0.3 is 0 Å². The lowest BCUT2D eigenvalue weighted by molar-refractivity contribution is 0.452. The van der Waals surface area contributed by atoms with Gasteiger partial charge in [0.05, 0.1) is 4.47 Å². The van der Waals surface area contributed by atoms with Gasteiger partial charge in [-0.25, -0.2) is 0 Å². The van der Waals surface area contributed by atoms with E-state index < -0.39 is 0 Å². The second kappa shape index (κ2) is 4.80. The molecule has 0 bridgehead atoms. The summed E-state index contributed by atoms with van der Waals surface area (Å²) in [5, 5.41) is 9.33. The van der Waals surface area contributed by atoms with Gasteiger partial charge in [0.15, 0.2) is 0 Å². The molecular formula is C11H16BrNO. The summed E-state index contributed by atoms with van der Waals surface area (Å²) in [4.78, 5) is 0. The topological polar surface area (TPSA) is 46.2 Å². The van der Waals surface area contributed by atoms with Crippen molar-refractivity contribution in [3.63, 3.8) is 0 Å². The highest BCUT2D eigenvalue weighted by atomic mass is 79.9. The molecule has 0 spiro atoms. The summed E-state index contributed by atoms with van der Waals surface area (Å²) < 4.78 is 0.703. The Morgan fingerprint density at radius 2 is 2.14 bits per heavy atom. The second-order valence-electron chi connectivity index (χ2n) is 3.62. The second-order valence-corrected chi connectivity index (χ2v) is 4.48. The predicted molar refractivity (Wildman–Crippen MR) is 62.2 cm³/mol. The van der Waals surface area contributed by atoms with Crippen LogP contribution in [-0.4, -0.2) is 5.11 Å². The monoisotopic (exact) mass is 257 g/mol. The molecule has 3 heteroatoms. The molecule has 1 unspecified atom stereocenters. The molecule has 1 aromatic rings. The van der Waals surface area contributed by atoms with Crippen LogP contribution in [0, 0.1) is 5.92 Å². The molecule has 0 amide bonds. The molecule has 0 saturated heterocycles. The molecule has 0 fully saturated rings. The summed E-state index contributed by atoms with van der Waals surface area (Å²) in [6.45, 7) is 4.26. The number of aromatic hydroxyl groups is 1. The van der Waals surface area contributed by atoms with Crippen LogP contribution in [0.3, 0.4) is 0 Å². The van der Waals surface area contributed by atoms with Gasteiger partial charge in [0.25, 0.3) is 0 Å². The summed E-state index contributed by atoms with van der Waals surface area (Å²) in [7, 11) is 0. The SMILES string of the molecule is CCC(C)[C@@H](N)c1ccc(O)c(Br)c1. The summed E-state index contributed by atoms with van der Waals surface area (Å²) >= 11 is 3.28. The zero-order valence-corrected chi connectivity index (χ0v) is 10.1. The van der Waals surface area contributed by atoms with Crippen molar-refractivity contribution in [1.82, 2.24) is 0 Å². The molecule has 2 atom stereocenters. The van der Waals surface area contributed by atoms with E-state index in [1.54, 1.807) is 6.07 Å². The Balaban J connectivity index is 2.91. The van der Waals surface area contributed by atoms with E-state index in [0.717, 1.165) is 12.0 Å². The Hall–Kier alpha value is -0.540. The fraction of sp³-hybridized carbons (Fsp3) is 0.455. The Morgan fingerprint density at radius 1 is 1.50 bits per heavy atom. The van der Waals surface area contributed by atoms with Gasteiger partial charge < -0.3 is 10.8 Å². The first-order chi connectivity index (χ1) is 6.56. The van der Waals surface area contributed by atoms with Crippen LogP contribution in [-0.2, 0) is 0 Å². The smallest absolute Gasteiger partial charge is 0.129 e. The van der Waals surface area contributed by atoms with Crippen molar-refractivity contribution in [2.75, 3.05) is 0 Å². The standard InChI is InChI=1S/C11H16BrNO/c1-3-7(2)11(13)8-4-5-10(14)9(12)6-8/h4-7,11,14H,3,13H2,1-2H3/t7?,11-/m1/s1. The van der Waals surface area contributed by atoms with Gasteiger partial charge in [0.1, 0.15) is 5.75 Å². The van der Waals surface area contributed by atoms with Crippen LogP contribution in [0.1, 0.15) is 31.9 Å². The first-order valence-electron chi connectivity index (χ1n) is 4.80. The molecule has 0 saturated carbocycles. The number of benzene rings is 1. The largest absolute Gasteiger partial charge is 0.507 e. The zero-order chi connectivity index (χ0) is 10.7. The molecular weight excluding hydrogens is 242 g/mol. The van der Waals surface area contributed by atoms with Crippen LogP contribution in [0.4, 0.5) is 0 Å². The number of rotatable bonds is 3. The predicted octanol–water partition coefficient (Wildman–Crippen LogP) is 3.20. The van der Waals surface area contributed by atoms with Crippen LogP contribution in [0.5, 0.6) is 5.75 Å². The lowest BCUT2D eigenvalue weighted by atomic mass is 9.93. The van der Waals surface area contributed by atoms with Crippen molar-refractivity contribution >= 4 is 15.9 Å². The van der Waals surface area contributed by atoms with Crippen LogP contribution in [0.2, 0.25) is 0 Å². The lowest BCUT2D eigenvalue weighted by Gasteiger charge is -2.19. The van der Waals surface area contributed by atoms with E-state index in [1.165, 1.54) is 0 Å². The zero-order valence-electron chi connectivity index (χ0n) is 8.50. The average molecular weight is 258 g/mol. The molecule has 1 aromatic carbocycles. The van der Waals surface area contributed by atoms with E-state index in [1.807, 2.05) is 12.1 Å². The minimum atomic E-state index is 0.0388. The van der Waals surface area contributed by atoms with Crippen LogP contribution in [0.25, 0.3) is 0 Å². The average Bonchev–Trinajstić information content (AvgIpc) is 2.20. The molecule has 1 rings (SSSR count). The molecule has 0 aromatic heterocycles. The maximum absolute atomic E-state index is 9.33. The Morgan fingerprint density at radius 3 is 2.64 bits per heavy atom. The van der Waals surface area contributed by atoms with Crippen LogP contribution in [0.15, 0.2) is 22.7 Å². The molecule has 0 heterocycles. The van der Waals surface area contributed by atoms with Gasteiger partial charge in [-0.2, -0.15) is 0 Å². The Kier molecular flexibility index (Phi) is 3.96. The third-order valence-corrected chi connectivity index (χ3v) is 3.25. The highest BCUT2D eigenvalue weighted by Gasteiger charge is 2.13. The number of nitrogens with two attached hydrogens (primary N) is 1. The highest BCUT2D eigenvalue weighted by Crippen LogP contribution is 2.29. The van der Waals surface area contributed by atoms with E-state index >= 15 is 0 Å². The molecule has 2 nitrogen and oxygen atoms in total. The van der Waals surface area contributed by atoms with E-state index in [2.05, 4.69) is 29.8 Å². The molecule has 14 heavy (non-hydrogen) atoms. The van der Waals surface area contributed by atoms with Gasteiger partial charge in [-0.05, 0) is 39.5 Å². The number of phenols is 1. The van der Waals surface area contributed by atoms with Crippen molar-refractivity contribution in [3.8, 4) is 5.75 Å². The molecule has 78 valence electrons. The lowest BCUT2D eigenvalue weighted by Crippen LogP contribution is -2.18. The summed E-state index contributed by atoms with van der Waals surface area (Å²) in [6, 6.07) is 5.46. The van der Waals surface area contributed by atoms with Crippen LogP contribution < -0.4 is 5.73 Å². The molecule has 0 aliphatic heterocycles. The fourth-order valence-corrected chi connectivity index (χ4v) is 1.71. The first kappa shape index (κ1) is 11.5. The Labute approximate surface area is 93.3 Å². The summed E-state index contributed by atoms with van der Waals surface area (Å²) in [5.41, 5.74) is 7.12. The fourth-order valence-electron chi connectivity index (χ4n) is 1.31. The number of hydrogen-bond acceptors (Lipinski definition) is 2. The van der Waals surface area contributed by atoms with Gasteiger partial charge in [-0.15, -0.1) is 0 Å².